The zero-order valence-corrected chi connectivity index (χ0v) is 15.4. The molecule has 2 aromatic rings. The van der Waals surface area contributed by atoms with Crippen LogP contribution < -0.4 is 19.1 Å². The Bertz CT molecular complexity index is 918. The van der Waals surface area contributed by atoms with E-state index in [1.54, 1.807) is 24.3 Å². The van der Waals surface area contributed by atoms with Crippen molar-refractivity contribution in [2.45, 2.75) is 6.10 Å². The van der Waals surface area contributed by atoms with Crippen molar-refractivity contribution in [3.63, 3.8) is 0 Å². The van der Waals surface area contributed by atoms with E-state index in [0.29, 0.717) is 17.2 Å². The molecule has 3 rings (SSSR count). The maximum atomic E-state index is 12.8. The van der Waals surface area contributed by atoms with Crippen LogP contribution in [0, 0.1) is 5.82 Å². The van der Waals surface area contributed by atoms with Gasteiger partial charge >= 0.3 is 0 Å². The number of benzene rings is 2. The number of anilines is 1. The van der Waals surface area contributed by atoms with E-state index in [1.165, 1.54) is 24.3 Å². The molecule has 27 heavy (non-hydrogen) atoms. The Hall–Kier alpha value is -2.81. The first-order chi connectivity index (χ1) is 12.8. The van der Waals surface area contributed by atoms with Crippen LogP contribution in [0.5, 0.6) is 11.5 Å². The van der Waals surface area contributed by atoms with Crippen molar-refractivity contribution in [1.82, 2.24) is 5.32 Å². The second kappa shape index (κ2) is 7.83. The second-order valence-electron chi connectivity index (χ2n) is 5.96. The quantitative estimate of drug-likeness (QED) is 0.752. The molecule has 2 aromatic carbocycles. The minimum atomic E-state index is -3.55. The summed E-state index contributed by atoms with van der Waals surface area (Å²) in [5.74, 6) is 0.00954. The van der Waals surface area contributed by atoms with E-state index in [0.717, 1.165) is 10.6 Å². The van der Waals surface area contributed by atoms with E-state index in [1.807, 2.05) is 0 Å². The van der Waals surface area contributed by atoms with Gasteiger partial charge in [0, 0.05) is 0 Å². The van der Waals surface area contributed by atoms with Crippen molar-refractivity contribution in [1.29, 1.82) is 0 Å². The van der Waals surface area contributed by atoms with Crippen molar-refractivity contribution in [2.75, 3.05) is 30.3 Å². The molecule has 0 aromatic heterocycles. The molecule has 0 fully saturated rings. The van der Waals surface area contributed by atoms with Gasteiger partial charge in [0.15, 0.2) is 6.10 Å². The average Bonchev–Trinajstić information content (AvgIpc) is 2.64. The fourth-order valence-corrected chi connectivity index (χ4v) is 3.55. The molecule has 144 valence electrons. The lowest BCUT2D eigenvalue weighted by molar-refractivity contribution is -0.127. The lowest BCUT2D eigenvalue weighted by Crippen LogP contribution is -2.51. The van der Waals surface area contributed by atoms with Gasteiger partial charge in [-0.3, -0.25) is 9.10 Å². The summed E-state index contributed by atoms with van der Waals surface area (Å²) < 4.78 is 49.1. The summed E-state index contributed by atoms with van der Waals surface area (Å²) in [4.78, 5) is 12.4. The third-order valence-corrected chi connectivity index (χ3v) is 5.06. The number of hydrogen-bond acceptors (Lipinski definition) is 5. The molecule has 0 saturated carbocycles. The molecular weight excluding hydrogens is 375 g/mol. The molecule has 1 unspecified atom stereocenters. The molecule has 1 aliphatic heterocycles. The van der Waals surface area contributed by atoms with Gasteiger partial charge in [-0.2, -0.15) is 0 Å². The van der Waals surface area contributed by atoms with Crippen LogP contribution >= 0.6 is 0 Å². The highest BCUT2D eigenvalue weighted by Crippen LogP contribution is 2.34. The summed E-state index contributed by atoms with van der Waals surface area (Å²) >= 11 is 0. The monoisotopic (exact) mass is 394 g/mol. The molecule has 7 nitrogen and oxygen atoms in total. The Balaban J connectivity index is 1.58. The first-order valence-electron chi connectivity index (χ1n) is 8.24. The van der Waals surface area contributed by atoms with Gasteiger partial charge in [-0.15, -0.1) is 0 Å². The topological polar surface area (TPSA) is 84.9 Å². The second-order valence-corrected chi connectivity index (χ2v) is 7.87. The summed E-state index contributed by atoms with van der Waals surface area (Å²) in [5.41, 5.74) is 0.406. The Morgan fingerprint density at radius 1 is 1.26 bits per heavy atom. The molecule has 1 atom stereocenters. The van der Waals surface area contributed by atoms with Crippen molar-refractivity contribution in [3.05, 3.63) is 54.3 Å². The van der Waals surface area contributed by atoms with E-state index in [2.05, 4.69) is 5.32 Å². The minimum absolute atomic E-state index is 0.111. The number of halogens is 1. The highest BCUT2D eigenvalue weighted by Gasteiger charge is 2.34. The van der Waals surface area contributed by atoms with E-state index >= 15 is 0 Å². The van der Waals surface area contributed by atoms with E-state index in [9.17, 15) is 17.6 Å². The largest absolute Gasteiger partial charge is 0.492 e. The maximum absolute atomic E-state index is 12.8. The third-order valence-electron chi connectivity index (χ3n) is 3.91. The van der Waals surface area contributed by atoms with Gasteiger partial charge in [-0.05, 0) is 36.4 Å². The number of nitrogens with zero attached hydrogens (tertiary/aromatic N) is 1. The predicted octanol–water partition coefficient (Wildman–Crippen LogP) is 1.55. The Kier molecular flexibility index (Phi) is 5.50. The fraction of sp³-hybridized carbons (Fsp3) is 0.278. The van der Waals surface area contributed by atoms with Crippen LogP contribution in [0.4, 0.5) is 10.1 Å². The molecule has 0 spiro atoms. The van der Waals surface area contributed by atoms with Gasteiger partial charge < -0.3 is 14.8 Å². The Morgan fingerprint density at radius 2 is 1.96 bits per heavy atom. The zero-order valence-electron chi connectivity index (χ0n) is 14.6. The normalized spacial score (nSPS) is 16.2. The van der Waals surface area contributed by atoms with Gasteiger partial charge in [-0.25, -0.2) is 12.8 Å². The van der Waals surface area contributed by atoms with Crippen LogP contribution in [-0.2, 0) is 14.8 Å². The third kappa shape index (κ3) is 4.68. The number of carbonyl (C=O) groups excluding carboxylic acids is 1. The van der Waals surface area contributed by atoms with Crippen LogP contribution in [0.25, 0.3) is 0 Å². The number of sulfonamides is 1. The first kappa shape index (κ1) is 19.0. The van der Waals surface area contributed by atoms with Gasteiger partial charge in [0.2, 0.25) is 10.0 Å². The summed E-state index contributed by atoms with van der Waals surface area (Å²) in [7, 11) is -3.55. The average molecular weight is 394 g/mol. The highest BCUT2D eigenvalue weighted by atomic mass is 32.2. The van der Waals surface area contributed by atoms with E-state index in [-0.39, 0.29) is 25.5 Å². The minimum Gasteiger partial charge on any atom is -0.492 e. The summed E-state index contributed by atoms with van der Waals surface area (Å²) in [6.07, 6.45) is 0.112. The number of fused-ring (bicyclic) bond motifs is 1. The first-order valence-corrected chi connectivity index (χ1v) is 10.1. The summed E-state index contributed by atoms with van der Waals surface area (Å²) in [6.45, 7) is 0.258. The molecule has 0 radical (unpaired) electrons. The Labute approximate surface area is 156 Å². The van der Waals surface area contributed by atoms with Gasteiger partial charge in [0.05, 0.1) is 25.0 Å². The smallest absolute Gasteiger partial charge is 0.263 e. The van der Waals surface area contributed by atoms with Crippen LogP contribution in [0.3, 0.4) is 0 Å². The van der Waals surface area contributed by atoms with E-state index in [4.69, 9.17) is 9.47 Å². The van der Waals surface area contributed by atoms with Crippen LogP contribution in [0.2, 0.25) is 0 Å². The zero-order chi connectivity index (χ0) is 19.4. The van der Waals surface area contributed by atoms with Crippen LogP contribution in [0.1, 0.15) is 0 Å². The number of nitrogens with one attached hydrogen (secondary N) is 1. The van der Waals surface area contributed by atoms with Crippen molar-refractivity contribution < 1.29 is 27.1 Å². The molecule has 1 heterocycles. The van der Waals surface area contributed by atoms with Crippen LogP contribution in [0.15, 0.2) is 48.5 Å². The predicted molar refractivity (Wildman–Crippen MR) is 98.0 cm³/mol. The highest BCUT2D eigenvalue weighted by molar-refractivity contribution is 7.92. The number of amides is 1. The van der Waals surface area contributed by atoms with Crippen molar-refractivity contribution in [2.24, 2.45) is 0 Å². The Morgan fingerprint density at radius 3 is 2.67 bits per heavy atom. The molecular formula is C18H19FN2O5S. The summed E-state index contributed by atoms with van der Waals surface area (Å²) in [5, 5.41) is 2.65. The molecule has 0 saturated heterocycles. The fourth-order valence-electron chi connectivity index (χ4n) is 2.64. The van der Waals surface area contributed by atoms with Gasteiger partial charge in [0.25, 0.3) is 5.91 Å². The lowest BCUT2D eigenvalue weighted by atomic mass is 10.2. The van der Waals surface area contributed by atoms with E-state index < -0.39 is 22.0 Å². The molecule has 0 aliphatic carbocycles. The molecule has 0 bridgehead atoms. The van der Waals surface area contributed by atoms with Gasteiger partial charge in [0.1, 0.15) is 23.9 Å². The number of rotatable bonds is 6. The number of ether oxygens (including phenoxy) is 2. The SMILES string of the molecule is CS(=O)(=O)N1CC(C(=O)NCCOc2ccc(F)cc2)Oc2ccccc21. The summed E-state index contributed by atoms with van der Waals surface area (Å²) in [6, 6.07) is 12.2. The molecule has 1 N–H and O–H groups in total. The number of hydrogen-bond donors (Lipinski definition) is 1. The van der Waals surface area contributed by atoms with Crippen molar-refractivity contribution in [3.8, 4) is 11.5 Å². The van der Waals surface area contributed by atoms with Gasteiger partial charge in [-0.1, -0.05) is 12.1 Å². The lowest BCUT2D eigenvalue weighted by Gasteiger charge is -2.33. The molecule has 1 amide bonds. The van der Waals surface area contributed by atoms with Crippen LogP contribution in [-0.4, -0.2) is 46.4 Å². The number of para-hydroxylation sites is 2. The molecule has 9 heteroatoms. The van der Waals surface area contributed by atoms with Crippen molar-refractivity contribution >= 4 is 21.6 Å². The molecule has 1 aliphatic rings. The number of carbonyl (C=O) groups is 1. The standard InChI is InChI=1S/C18H19FN2O5S/c1-27(23,24)21-12-17(26-16-5-3-2-4-15(16)21)18(22)20-10-11-25-14-8-6-13(19)7-9-14/h2-9,17H,10-12H2,1H3,(H,20,22). The maximum Gasteiger partial charge on any atom is 0.263 e.